The van der Waals surface area contributed by atoms with E-state index in [1.54, 1.807) is 26.4 Å². The molecule has 0 aliphatic carbocycles. The normalized spacial score (nSPS) is 9.91. The molecule has 0 spiro atoms. The largest absolute Gasteiger partial charge is 0.497 e. The fourth-order valence-electron chi connectivity index (χ4n) is 1.92. The van der Waals surface area contributed by atoms with Crippen molar-refractivity contribution in [2.75, 3.05) is 20.8 Å². The maximum absolute atomic E-state index is 11.8. The predicted octanol–water partition coefficient (Wildman–Crippen LogP) is 2.40. The number of ether oxygens (including phenoxy) is 3. The molecule has 0 saturated heterocycles. The summed E-state index contributed by atoms with van der Waals surface area (Å²) in [5, 5.41) is 2.80. The number of carbonyl (C=O) groups excluding carboxylic acids is 1. The predicted molar refractivity (Wildman–Crippen MR) is 83.3 cm³/mol. The van der Waals surface area contributed by atoms with E-state index >= 15 is 0 Å². The SMILES string of the molecule is COc1cccc(CNC(=O)COc2ccccc2OC)c1. The summed E-state index contributed by atoms with van der Waals surface area (Å²) in [6.07, 6.45) is 0. The quantitative estimate of drug-likeness (QED) is 0.853. The van der Waals surface area contributed by atoms with Gasteiger partial charge in [-0.15, -0.1) is 0 Å². The Morgan fingerprint density at radius 1 is 1.00 bits per heavy atom. The molecule has 0 bridgehead atoms. The van der Waals surface area contributed by atoms with Crippen LogP contribution in [0.25, 0.3) is 0 Å². The number of amides is 1. The minimum Gasteiger partial charge on any atom is -0.497 e. The molecule has 2 rings (SSSR count). The lowest BCUT2D eigenvalue weighted by Gasteiger charge is -2.10. The maximum atomic E-state index is 11.8. The molecule has 22 heavy (non-hydrogen) atoms. The summed E-state index contributed by atoms with van der Waals surface area (Å²) in [6.45, 7) is 0.357. The first-order valence-electron chi connectivity index (χ1n) is 6.88. The number of rotatable bonds is 7. The van der Waals surface area contributed by atoms with Gasteiger partial charge in [-0.25, -0.2) is 0 Å². The van der Waals surface area contributed by atoms with Crippen LogP contribution in [0.1, 0.15) is 5.56 Å². The molecule has 0 heterocycles. The standard InChI is InChI=1S/C17H19NO4/c1-20-14-7-5-6-13(10-14)11-18-17(19)12-22-16-9-4-3-8-15(16)21-2/h3-10H,11-12H2,1-2H3,(H,18,19). The molecule has 0 aliphatic heterocycles. The van der Waals surface area contributed by atoms with Crippen molar-refractivity contribution in [2.45, 2.75) is 6.54 Å². The zero-order valence-electron chi connectivity index (χ0n) is 12.7. The highest BCUT2D eigenvalue weighted by Gasteiger charge is 2.06. The van der Waals surface area contributed by atoms with Crippen LogP contribution in [0, 0.1) is 0 Å². The number of methoxy groups -OCH3 is 2. The van der Waals surface area contributed by atoms with Gasteiger partial charge in [0.05, 0.1) is 14.2 Å². The summed E-state index contributed by atoms with van der Waals surface area (Å²) in [4.78, 5) is 11.8. The van der Waals surface area contributed by atoms with Crippen molar-refractivity contribution in [1.29, 1.82) is 0 Å². The van der Waals surface area contributed by atoms with Gasteiger partial charge >= 0.3 is 0 Å². The average Bonchev–Trinajstić information content (AvgIpc) is 2.58. The Bertz CT molecular complexity index is 628. The molecule has 0 radical (unpaired) electrons. The second kappa shape index (κ2) is 7.93. The lowest BCUT2D eigenvalue weighted by atomic mass is 10.2. The van der Waals surface area contributed by atoms with Gasteiger partial charge in [-0.1, -0.05) is 24.3 Å². The zero-order chi connectivity index (χ0) is 15.8. The number of benzene rings is 2. The van der Waals surface area contributed by atoms with E-state index in [2.05, 4.69) is 5.32 Å². The van der Waals surface area contributed by atoms with Gasteiger partial charge in [0.15, 0.2) is 18.1 Å². The summed E-state index contributed by atoms with van der Waals surface area (Å²) >= 11 is 0. The van der Waals surface area contributed by atoms with Gasteiger partial charge in [-0.05, 0) is 29.8 Å². The Kier molecular flexibility index (Phi) is 5.65. The van der Waals surface area contributed by atoms with E-state index in [9.17, 15) is 4.79 Å². The lowest BCUT2D eigenvalue weighted by Crippen LogP contribution is -2.28. The molecule has 2 aromatic rings. The molecule has 0 saturated carbocycles. The summed E-state index contributed by atoms with van der Waals surface area (Å²) in [5.74, 6) is 1.70. The second-order valence-electron chi connectivity index (χ2n) is 4.57. The Balaban J connectivity index is 1.83. The Morgan fingerprint density at radius 3 is 2.50 bits per heavy atom. The average molecular weight is 301 g/mol. The third-order valence-corrected chi connectivity index (χ3v) is 3.05. The lowest BCUT2D eigenvalue weighted by molar-refractivity contribution is -0.123. The first-order chi connectivity index (χ1) is 10.7. The molecular formula is C17H19NO4. The first kappa shape index (κ1) is 15.7. The molecule has 1 N–H and O–H groups in total. The third-order valence-electron chi connectivity index (χ3n) is 3.05. The van der Waals surface area contributed by atoms with Crippen LogP contribution in [0.2, 0.25) is 0 Å². The van der Waals surface area contributed by atoms with Crippen molar-refractivity contribution in [3.05, 3.63) is 54.1 Å². The van der Waals surface area contributed by atoms with Crippen LogP contribution in [-0.4, -0.2) is 26.7 Å². The van der Waals surface area contributed by atoms with E-state index in [1.807, 2.05) is 36.4 Å². The number of nitrogens with one attached hydrogen (secondary N) is 1. The highest BCUT2D eigenvalue weighted by Crippen LogP contribution is 2.25. The molecule has 0 fully saturated rings. The molecular weight excluding hydrogens is 282 g/mol. The van der Waals surface area contributed by atoms with Crippen molar-refractivity contribution in [3.8, 4) is 17.2 Å². The van der Waals surface area contributed by atoms with Crippen LogP contribution < -0.4 is 19.5 Å². The Labute approximate surface area is 129 Å². The fourth-order valence-corrected chi connectivity index (χ4v) is 1.92. The van der Waals surface area contributed by atoms with Crippen molar-refractivity contribution in [1.82, 2.24) is 5.32 Å². The molecule has 5 nitrogen and oxygen atoms in total. The zero-order valence-corrected chi connectivity index (χ0v) is 12.7. The monoisotopic (exact) mass is 301 g/mol. The Morgan fingerprint density at radius 2 is 1.77 bits per heavy atom. The maximum Gasteiger partial charge on any atom is 0.258 e. The van der Waals surface area contributed by atoms with Crippen LogP contribution in [0.3, 0.4) is 0 Å². The van der Waals surface area contributed by atoms with Crippen LogP contribution in [0.15, 0.2) is 48.5 Å². The molecule has 0 aliphatic rings. The topological polar surface area (TPSA) is 56.8 Å². The van der Waals surface area contributed by atoms with Crippen LogP contribution in [-0.2, 0) is 11.3 Å². The summed E-state index contributed by atoms with van der Waals surface area (Å²) in [7, 11) is 3.17. The molecule has 0 aromatic heterocycles. The number of hydrogen-bond acceptors (Lipinski definition) is 4. The molecule has 2 aromatic carbocycles. The van der Waals surface area contributed by atoms with Gasteiger partial charge in [-0.2, -0.15) is 0 Å². The van der Waals surface area contributed by atoms with Crippen LogP contribution in [0.5, 0.6) is 17.2 Å². The number of para-hydroxylation sites is 2. The van der Waals surface area contributed by atoms with Gasteiger partial charge in [0.2, 0.25) is 0 Å². The summed E-state index contributed by atoms with van der Waals surface area (Å²) in [6, 6.07) is 14.7. The molecule has 5 heteroatoms. The molecule has 0 atom stereocenters. The van der Waals surface area contributed by atoms with Crippen molar-refractivity contribution < 1.29 is 19.0 Å². The van der Waals surface area contributed by atoms with E-state index in [0.29, 0.717) is 18.0 Å². The summed E-state index contributed by atoms with van der Waals surface area (Å²) in [5.41, 5.74) is 0.963. The molecule has 1 amide bonds. The molecule has 116 valence electrons. The number of carbonyl (C=O) groups is 1. The minimum absolute atomic E-state index is 0.0651. The van der Waals surface area contributed by atoms with Gasteiger partial charge in [-0.3, -0.25) is 4.79 Å². The van der Waals surface area contributed by atoms with E-state index in [-0.39, 0.29) is 12.5 Å². The van der Waals surface area contributed by atoms with Crippen molar-refractivity contribution in [3.63, 3.8) is 0 Å². The van der Waals surface area contributed by atoms with Crippen molar-refractivity contribution in [2.24, 2.45) is 0 Å². The highest BCUT2D eigenvalue weighted by atomic mass is 16.5. The number of hydrogen-bond donors (Lipinski definition) is 1. The second-order valence-corrected chi connectivity index (χ2v) is 4.57. The van der Waals surface area contributed by atoms with Gasteiger partial charge in [0, 0.05) is 6.54 Å². The highest BCUT2D eigenvalue weighted by molar-refractivity contribution is 5.77. The smallest absolute Gasteiger partial charge is 0.258 e. The van der Waals surface area contributed by atoms with E-state index < -0.39 is 0 Å². The first-order valence-corrected chi connectivity index (χ1v) is 6.88. The van der Waals surface area contributed by atoms with Gasteiger partial charge < -0.3 is 19.5 Å². The van der Waals surface area contributed by atoms with Gasteiger partial charge in [0.25, 0.3) is 5.91 Å². The van der Waals surface area contributed by atoms with Gasteiger partial charge in [0.1, 0.15) is 5.75 Å². The summed E-state index contributed by atoms with van der Waals surface area (Å²) < 4.78 is 15.8. The van der Waals surface area contributed by atoms with E-state index in [0.717, 1.165) is 11.3 Å². The van der Waals surface area contributed by atoms with Crippen LogP contribution >= 0.6 is 0 Å². The van der Waals surface area contributed by atoms with Crippen molar-refractivity contribution >= 4 is 5.91 Å². The fraction of sp³-hybridized carbons (Fsp3) is 0.235. The minimum atomic E-state index is -0.200. The molecule has 0 unspecified atom stereocenters. The van der Waals surface area contributed by atoms with E-state index in [4.69, 9.17) is 14.2 Å². The third kappa shape index (κ3) is 4.41. The van der Waals surface area contributed by atoms with E-state index in [1.165, 1.54) is 0 Å². The Hall–Kier alpha value is -2.69. The van der Waals surface area contributed by atoms with Crippen LogP contribution in [0.4, 0.5) is 0 Å².